The number of nitrogens with zero attached hydrogens (tertiary/aromatic N) is 1. The normalized spacial score (nSPS) is 15.6. The Morgan fingerprint density at radius 3 is 2.40 bits per heavy atom. The highest BCUT2D eigenvalue weighted by Crippen LogP contribution is 2.39. The van der Waals surface area contributed by atoms with E-state index >= 15 is 0 Å². The van der Waals surface area contributed by atoms with Crippen molar-refractivity contribution < 1.29 is 19.0 Å². The molecule has 6 nitrogen and oxygen atoms in total. The molecular weight excluding hydrogens is 320 g/mol. The number of benzene rings is 1. The monoisotopic (exact) mass is 350 g/mol. The van der Waals surface area contributed by atoms with Gasteiger partial charge in [-0.2, -0.15) is 0 Å². The zero-order valence-electron chi connectivity index (χ0n) is 15.8. The van der Waals surface area contributed by atoms with Gasteiger partial charge < -0.3 is 24.4 Å². The van der Waals surface area contributed by atoms with Crippen LogP contribution in [0.5, 0.6) is 11.5 Å². The van der Waals surface area contributed by atoms with Gasteiger partial charge in [0.1, 0.15) is 11.5 Å². The fraction of sp³-hybridized carbons (Fsp3) is 0.632. The summed E-state index contributed by atoms with van der Waals surface area (Å²) in [5.41, 5.74) is 1.64. The van der Waals surface area contributed by atoms with E-state index in [4.69, 9.17) is 14.2 Å². The third-order valence-corrected chi connectivity index (χ3v) is 4.33. The molecule has 1 aromatic carbocycles. The van der Waals surface area contributed by atoms with Crippen LogP contribution in [0.3, 0.4) is 0 Å². The number of rotatable bonds is 8. The van der Waals surface area contributed by atoms with E-state index < -0.39 is 0 Å². The van der Waals surface area contributed by atoms with Crippen LogP contribution in [0.2, 0.25) is 0 Å². The molecule has 1 fully saturated rings. The van der Waals surface area contributed by atoms with Crippen LogP contribution in [0, 0.1) is 5.92 Å². The lowest BCUT2D eigenvalue weighted by atomic mass is 10.1. The highest BCUT2D eigenvalue weighted by atomic mass is 16.5. The number of amides is 1. The molecule has 140 valence electrons. The second kappa shape index (κ2) is 9.51. The van der Waals surface area contributed by atoms with Gasteiger partial charge in [-0.3, -0.25) is 4.79 Å². The molecule has 1 heterocycles. The molecule has 1 saturated heterocycles. The average Bonchev–Trinajstić information content (AvgIpc) is 2.64. The van der Waals surface area contributed by atoms with Gasteiger partial charge in [-0.05, 0) is 20.3 Å². The number of ether oxygens (including phenoxy) is 3. The Morgan fingerprint density at radius 1 is 1.16 bits per heavy atom. The molecule has 1 N–H and O–H groups in total. The van der Waals surface area contributed by atoms with E-state index in [1.165, 1.54) is 0 Å². The molecule has 1 aliphatic heterocycles. The lowest BCUT2D eigenvalue weighted by Gasteiger charge is -2.31. The van der Waals surface area contributed by atoms with Crippen LogP contribution >= 0.6 is 0 Å². The van der Waals surface area contributed by atoms with Gasteiger partial charge in [-0.25, -0.2) is 0 Å². The fourth-order valence-corrected chi connectivity index (χ4v) is 2.69. The standard InChI is InChI=1S/C19H30N2O4/c1-5-14(4)19(22)20-15-12-18(25-7-3)16(13-17(15)24-6-2)21-8-10-23-11-9-21/h12-14H,5-11H2,1-4H3,(H,20,22)/t14-/m1/s1. The minimum absolute atomic E-state index is 0.00924. The largest absolute Gasteiger partial charge is 0.492 e. The van der Waals surface area contributed by atoms with Crippen molar-refractivity contribution in [3.05, 3.63) is 12.1 Å². The van der Waals surface area contributed by atoms with Gasteiger partial charge in [-0.1, -0.05) is 13.8 Å². The molecule has 0 radical (unpaired) electrons. The molecular formula is C19H30N2O4. The molecule has 1 aromatic rings. The topological polar surface area (TPSA) is 60.0 Å². The summed E-state index contributed by atoms with van der Waals surface area (Å²) < 4.78 is 17.1. The first-order valence-electron chi connectivity index (χ1n) is 9.17. The Balaban J connectivity index is 2.37. The number of anilines is 2. The molecule has 1 atom stereocenters. The maximum Gasteiger partial charge on any atom is 0.227 e. The van der Waals surface area contributed by atoms with Crippen molar-refractivity contribution >= 4 is 17.3 Å². The highest BCUT2D eigenvalue weighted by Gasteiger charge is 2.21. The molecule has 0 bridgehead atoms. The zero-order valence-corrected chi connectivity index (χ0v) is 15.8. The average molecular weight is 350 g/mol. The zero-order chi connectivity index (χ0) is 18.2. The smallest absolute Gasteiger partial charge is 0.227 e. The van der Waals surface area contributed by atoms with Crippen LogP contribution in [-0.2, 0) is 9.53 Å². The molecule has 6 heteroatoms. The minimum Gasteiger partial charge on any atom is -0.492 e. The van der Waals surface area contributed by atoms with Crippen molar-refractivity contribution in [3.63, 3.8) is 0 Å². The Morgan fingerprint density at radius 2 is 1.80 bits per heavy atom. The van der Waals surface area contributed by atoms with Crippen LogP contribution in [-0.4, -0.2) is 45.4 Å². The van der Waals surface area contributed by atoms with Gasteiger partial charge >= 0.3 is 0 Å². The van der Waals surface area contributed by atoms with E-state index in [0.717, 1.165) is 30.9 Å². The van der Waals surface area contributed by atoms with E-state index in [2.05, 4.69) is 10.2 Å². The van der Waals surface area contributed by atoms with Crippen LogP contribution < -0.4 is 19.7 Å². The van der Waals surface area contributed by atoms with Gasteiger partial charge in [0.15, 0.2) is 0 Å². The molecule has 0 aliphatic carbocycles. The second-order valence-electron chi connectivity index (χ2n) is 6.08. The molecule has 25 heavy (non-hydrogen) atoms. The van der Waals surface area contributed by atoms with Crippen LogP contribution in [0.25, 0.3) is 0 Å². The molecule has 1 aliphatic rings. The Labute approximate surface area is 150 Å². The van der Waals surface area contributed by atoms with Crippen LogP contribution in [0.4, 0.5) is 11.4 Å². The Bertz CT molecular complexity index is 571. The maximum absolute atomic E-state index is 12.3. The van der Waals surface area contributed by atoms with Crippen molar-refractivity contribution in [2.24, 2.45) is 5.92 Å². The third-order valence-electron chi connectivity index (χ3n) is 4.33. The molecule has 1 amide bonds. The van der Waals surface area contributed by atoms with E-state index in [9.17, 15) is 4.79 Å². The Hall–Kier alpha value is -1.95. The third kappa shape index (κ3) is 5.01. The first-order valence-corrected chi connectivity index (χ1v) is 9.17. The molecule has 0 saturated carbocycles. The van der Waals surface area contributed by atoms with Gasteiger partial charge in [0.2, 0.25) is 5.91 Å². The number of nitrogens with one attached hydrogen (secondary N) is 1. The second-order valence-corrected chi connectivity index (χ2v) is 6.08. The van der Waals surface area contributed by atoms with Crippen molar-refractivity contribution in [2.45, 2.75) is 34.1 Å². The number of hydrogen-bond acceptors (Lipinski definition) is 5. The van der Waals surface area contributed by atoms with E-state index in [1.54, 1.807) is 0 Å². The first kappa shape index (κ1) is 19.4. The van der Waals surface area contributed by atoms with Crippen LogP contribution in [0.15, 0.2) is 12.1 Å². The summed E-state index contributed by atoms with van der Waals surface area (Å²) in [5.74, 6) is 1.37. The van der Waals surface area contributed by atoms with E-state index in [1.807, 2.05) is 39.8 Å². The van der Waals surface area contributed by atoms with Gasteiger partial charge in [0.25, 0.3) is 0 Å². The Kier molecular flexibility index (Phi) is 7.37. The van der Waals surface area contributed by atoms with Gasteiger partial charge in [0, 0.05) is 31.1 Å². The summed E-state index contributed by atoms with van der Waals surface area (Å²) in [6, 6.07) is 3.84. The number of hydrogen-bond donors (Lipinski definition) is 1. The van der Waals surface area contributed by atoms with Crippen LogP contribution in [0.1, 0.15) is 34.1 Å². The van der Waals surface area contributed by atoms with Gasteiger partial charge in [-0.15, -0.1) is 0 Å². The summed E-state index contributed by atoms with van der Waals surface area (Å²) in [7, 11) is 0. The van der Waals surface area contributed by atoms with Crippen molar-refractivity contribution in [1.82, 2.24) is 0 Å². The van der Waals surface area contributed by atoms with E-state index in [0.29, 0.717) is 37.9 Å². The summed E-state index contributed by atoms with van der Waals surface area (Å²) in [4.78, 5) is 14.6. The number of carbonyl (C=O) groups excluding carboxylic acids is 1. The summed E-state index contributed by atoms with van der Waals surface area (Å²) in [6.07, 6.45) is 0.792. The summed E-state index contributed by atoms with van der Waals surface area (Å²) in [6.45, 7) is 11.9. The van der Waals surface area contributed by atoms with Crippen molar-refractivity contribution in [3.8, 4) is 11.5 Å². The SMILES string of the molecule is CCOc1cc(N2CCOCC2)c(OCC)cc1NC(=O)[C@H](C)CC. The quantitative estimate of drug-likeness (QED) is 0.779. The molecule has 2 rings (SSSR count). The number of carbonyl (C=O) groups is 1. The minimum atomic E-state index is -0.0519. The predicted molar refractivity (Wildman–Crippen MR) is 99.9 cm³/mol. The molecule has 0 unspecified atom stereocenters. The lowest BCUT2D eigenvalue weighted by molar-refractivity contribution is -0.119. The molecule has 0 aromatic heterocycles. The van der Waals surface area contributed by atoms with Gasteiger partial charge in [0.05, 0.1) is 37.8 Å². The predicted octanol–water partition coefficient (Wildman–Crippen LogP) is 3.31. The summed E-state index contributed by atoms with van der Waals surface area (Å²) >= 11 is 0. The fourth-order valence-electron chi connectivity index (χ4n) is 2.69. The van der Waals surface area contributed by atoms with E-state index in [-0.39, 0.29) is 11.8 Å². The summed E-state index contributed by atoms with van der Waals surface area (Å²) in [5, 5.41) is 2.99. The van der Waals surface area contributed by atoms with Crippen molar-refractivity contribution in [2.75, 3.05) is 49.7 Å². The number of morpholine rings is 1. The molecule has 0 spiro atoms. The van der Waals surface area contributed by atoms with Crippen molar-refractivity contribution in [1.29, 1.82) is 0 Å². The first-order chi connectivity index (χ1) is 12.1. The maximum atomic E-state index is 12.3. The highest BCUT2D eigenvalue weighted by molar-refractivity contribution is 5.94. The lowest BCUT2D eigenvalue weighted by Crippen LogP contribution is -2.36.